The van der Waals surface area contributed by atoms with Crippen LogP contribution < -0.4 is 5.32 Å². The fourth-order valence-corrected chi connectivity index (χ4v) is 2.56. The second-order valence-corrected chi connectivity index (χ2v) is 5.19. The first-order valence-corrected chi connectivity index (χ1v) is 6.66. The lowest BCUT2D eigenvalue weighted by Gasteiger charge is -2.17. The van der Waals surface area contributed by atoms with Crippen molar-refractivity contribution in [2.45, 2.75) is 38.1 Å². The maximum absolute atomic E-state index is 12.1. The van der Waals surface area contributed by atoms with Crippen molar-refractivity contribution >= 4 is 11.9 Å². The van der Waals surface area contributed by atoms with E-state index in [9.17, 15) is 9.59 Å². The summed E-state index contributed by atoms with van der Waals surface area (Å²) >= 11 is 0. The molecule has 0 aromatic heterocycles. The van der Waals surface area contributed by atoms with E-state index in [-0.39, 0.29) is 23.8 Å². The molecular formula is C15H19NO3. The lowest BCUT2D eigenvalue weighted by molar-refractivity contribution is -0.141. The minimum absolute atomic E-state index is 0.000220. The Labute approximate surface area is 112 Å². The van der Waals surface area contributed by atoms with Crippen molar-refractivity contribution in [2.75, 3.05) is 0 Å². The molecule has 1 aromatic rings. The molecule has 0 unspecified atom stereocenters. The predicted octanol–water partition coefficient (Wildman–Crippen LogP) is 2.16. The van der Waals surface area contributed by atoms with Gasteiger partial charge < -0.3 is 10.4 Å². The number of carboxylic acid groups (broad SMARTS) is 1. The van der Waals surface area contributed by atoms with Crippen LogP contribution in [0.15, 0.2) is 30.3 Å². The van der Waals surface area contributed by atoms with Gasteiger partial charge in [0, 0.05) is 6.04 Å². The first kappa shape index (κ1) is 13.6. The van der Waals surface area contributed by atoms with Gasteiger partial charge in [-0.25, -0.2) is 0 Å². The van der Waals surface area contributed by atoms with Crippen LogP contribution in [-0.4, -0.2) is 23.0 Å². The molecule has 2 rings (SSSR count). The number of amides is 1. The first-order chi connectivity index (χ1) is 9.08. The van der Waals surface area contributed by atoms with E-state index in [0.717, 1.165) is 12.0 Å². The lowest BCUT2D eigenvalue weighted by atomic mass is 10.00. The second-order valence-electron chi connectivity index (χ2n) is 5.19. The van der Waals surface area contributed by atoms with Gasteiger partial charge in [0.25, 0.3) is 0 Å². The van der Waals surface area contributed by atoms with Crippen molar-refractivity contribution in [3.63, 3.8) is 0 Å². The van der Waals surface area contributed by atoms with E-state index in [1.807, 2.05) is 37.3 Å². The van der Waals surface area contributed by atoms with E-state index >= 15 is 0 Å². The van der Waals surface area contributed by atoms with Gasteiger partial charge in [-0.15, -0.1) is 0 Å². The van der Waals surface area contributed by atoms with Crippen molar-refractivity contribution in [3.05, 3.63) is 35.9 Å². The maximum Gasteiger partial charge on any atom is 0.306 e. The highest BCUT2D eigenvalue weighted by Gasteiger charge is 2.31. The molecule has 19 heavy (non-hydrogen) atoms. The summed E-state index contributed by atoms with van der Waals surface area (Å²) in [6.07, 6.45) is 1.95. The average molecular weight is 261 g/mol. The molecule has 1 amide bonds. The molecule has 3 atom stereocenters. The molecule has 1 aromatic carbocycles. The Morgan fingerprint density at radius 1 is 1.26 bits per heavy atom. The van der Waals surface area contributed by atoms with Crippen molar-refractivity contribution in [3.8, 4) is 0 Å². The number of carboxylic acids is 1. The van der Waals surface area contributed by atoms with E-state index in [1.54, 1.807) is 0 Å². The van der Waals surface area contributed by atoms with Crippen LogP contribution in [0, 0.1) is 5.92 Å². The summed E-state index contributed by atoms with van der Waals surface area (Å²) in [5, 5.41) is 11.9. The Morgan fingerprint density at radius 3 is 2.53 bits per heavy atom. The highest BCUT2D eigenvalue weighted by Crippen LogP contribution is 2.26. The van der Waals surface area contributed by atoms with Gasteiger partial charge in [0.2, 0.25) is 5.91 Å². The molecule has 1 fully saturated rings. The molecule has 4 nitrogen and oxygen atoms in total. The van der Waals surface area contributed by atoms with Gasteiger partial charge in [-0.1, -0.05) is 30.3 Å². The van der Waals surface area contributed by atoms with Crippen molar-refractivity contribution in [2.24, 2.45) is 5.92 Å². The molecule has 1 aliphatic carbocycles. The molecule has 0 heterocycles. The molecule has 102 valence electrons. The summed E-state index contributed by atoms with van der Waals surface area (Å²) in [4.78, 5) is 23.0. The normalized spacial score (nSPS) is 23.8. The van der Waals surface area contributed by atoms with Gasteiger partial charge in [0.15, 0.2) is 0 Å². The first-order valence-electron chi connectivity index (χ1n) is 6.66. The number of carbonyl (C=O) groups excluding carboxylic acids is 1. The number of hydrogen-bond donors (Lipinski definition) is 2. The summed E-state index contributed by atoms with van der Waals surface area (Å²) in [5.41, 5.74) is 0.979. The molecule has 0 spiro atoms. The lowest BCUT2D eigenvalue weighted by Crippen LogP contribution is -2.36. The van der Waals surface area contributed by atoms with Gasteiger partial charge >= 0.3 is 5.97 Å². The molecule has 1 aliphatic rings. The van der Waals surface area contributed by atoms with Crippen LogP contribution in [0.1, 0.15) is 37.7 Å². The van der Waals surface area contributed by atoms with Crippen LogP contribution in [0.4, 0.5) is 0 Å². The minimum Gasteiger partial charge on any atom is -0.481 e. The zero-order valence-electron chi connectivity index (χ0n) is 11.0. The van der Waals surface area contributed by atoms with Crippen LogP contribution >= 0.6 is 0 Å². The summed E-state index contributed by atoms with van der Waals surface area (Å²) < 4.78 is 0. The molecule has 0 radical (unpaired) electrons. The maximum atomic E-state index is 12.1. The third-order valence-electron chi connectivity index (χ3n) is 3.82. The Balaban J connectivity index is 1.90. The van der Waals surface area contributed by atoms with E-state index in [0.29, 0.717) is 12.8 Å². The summed E-state index contributed by atoms with van der Waals surface area (Å²) in [6.45, 7) is 1.87. The molecule has 2 N–H and O–H groups in total. The molecular weight excluding hydrogens is 242 g/mol. The number of hydrogen-bond acceptors (Lipinski definition) is 2. The van der Waals surface area contributed by atoms with E-state index in [4.69, 9.17) is 5.11 Å². The fourth-order valence-electron chi connectivity index (χ4n) is 2.56. The summed E-state index contributed by atoms with van der Waals surface area (Å²) in [5.74, 6) is -1.29. The number of carbonyl (C=O) groups is 2. The Bertz CT molecular complexity index is 458. The topological polar surface area (TPSA) is 66.4 Å². The van der Waals surface area contributed by atoms with Crippen molar-refractivity contribution in [1.29, 1.82) is 0 Å². The third-order valence-corrected chi connectivity index (χ3v) is 3.82. The Hall–Kier alpha value is -1.84. The number of aliphatic carboxylic acids is 1. The van der Waals surface area contributed by atoms with Gasteiger partial charge in [-0.05, 0) is 31.7 Å². The largest absolute Gasteiger partial charge is 0.481 e. The quantitative estimate of drug-likeness (QED) is 0.872. The number of nitrogens with one attached hydrogen (secondary N) is 1. The molecule has 1 saturated carbocycles. The van der Waals surface area contributed by atoms with Crippen molar-refractivity contribution < 1.29 is 14.7 Å². The van der Waals surface area contributed by atoms with E-state index in [2.05, 4.69) is 5.32 Å². The highest BCUT2D eigenvalue weighted by atomic mass is 16.4. The van der Waals surface area contributed by atoms with Crippen LogP contribution in [0.2, 0.25) is 0 Å². The van der Waals surface area contributed by atoms with Gasteiger partial charge in [-0.2, -0.15) is 0 Å². The van der Waals surface area contributed by atoms with Crippen molar-refractivity contribution in [1.82, 2.24) is 5.32 Å². The van der Waals surface area contributed by atoms with Crippen LogP contribution in [0.25, 0.3) is 0 Å². The molecule has 0 saturated heterocycles. The molecule has 0 aliphatic heterocycles. The minimum atomic E-state index is -0.757. The van der Waals surface area contributed by atoms with E-state index < -0.39 is 5.97 Å². The Morgan fingerprint density at radius 2 is 1.95 bits per heavy atom. The highest BCUT2D eigenvalue weighted by molar-refractivity contribution is 5.83. The van der Waals surface area contributed by atoms with Crippen LogP contribution in [-0.2, 0) is 9.59 Å². The van der Waals surface area contributed by atoms with Gasteiger partial charge in [0.05, 0.1) is 11.8 Å². The van der Waals surface area contributed by atoms with Gasteiger partial charge in [-0.3, -0.25) is 9.59 Å². The monoisotopic (exact) mass is 261 g/mol. The van der Waals surface area contributed by atoms with Crippen LogP contribution in [0.5, 0.6) is 0 Å². The Kier molecular flexibility index (Phi) is 4.20. The smallest absolute Gasteiger partial charge is 0.306 e. The fraction of sp³-hybridized carbons (Fsp3) is 0.467. The predicted molar refractivity (Wildman–Crippen MR) is 71.8 cm³/mol. The molecule has 4 heteroatoms. The summed E-state index contributed by atoms with van der Waals surface area (Å²) in [7, 11) is 0. The van der Waals surface area contributed by atoms with Crippen LogP contribution in [0.3, 0.4) is 0 Å². The molecule has 0 bridgehead atoms. The third kappa shape index (κ3) is 3.34. The average Bonchev–Trinajstić information content (AvgIpc) is 2.87. The second kappa shape index (κ2) is 5.87. The number of benzene rings is 1. The summed E-state index contributed by atoms with van der Waals surface area (Å²) in [6, 6.07) is 9.60. The van der Waals surface area contributed by atoms with E-state index in [1.165, 1.54) is 0 Å². The SMILES string of the molecule is C[C@H](C(=O)N[C@H]1CC[C@@H](C(=O)O)C1)c1ccccc1. The number of rotatable bonds is 4. The zero-order valence-corrected chi connectivity index (χ0v) is 11.0. The standard InChI is InChI=1S/C15H19NO3/c1-10(11-5-3-2-4-6-11)14(17)16-13-8-7-12(9-13)15(18)19/h2-6,10,12-13H,7-9H2,1H3,(H,16,17)(H,18,19)/t10-,12+,13-/m0/s1. The van der Waals surface area contributed by atoms with Gasteiger partial charge in [0.1, 0.15) is 0 Å². The zero-order chi connectivity index (χ0) is 13.8.